The largest absolute Gasteiger partial charge is 0.497 e. The first-order valence-corrected chi connectivity index (χ1v) is 8.52. The van der Waals surface area contributed by atoms with E-state index in [1.54, 1.807) is 18.2 Å². The molecular formula is C18H20N2O4S. The zero-order valence-electron chi connectivity index (χ0n) is 14.3. The van der Waals surface area contributed by atoms with Gasteiger partial charge in [0.25, 0.3) is 5.91 Å². The van der Waals surface area contributed by atoms with Gasteiger partial charge in [0.2, 0.25) is 5.91 Å². The molecule has 25 heavy (non-hydrogen) atoms. The number of carbonyl (C=O) groups excluding carboxylic acids is 2. The van der Waals surface area contributed by atoms with Gasteiger partial charge in [0.05, 0.1) is 20.0 Å². The summed E-state index contributed by atoms with van der Waals surface area (Å²) < 4.78 is 10.2. The highest BCUT2D eigenvalue weighted by molar-refractivity contribution is 8.00. The van der Waals surface area contributed by atoms with E-state index in [0.717, 1.165) is 10.5 Å². The van der Waals surface area contributed by atoms with Gasteiger partial charge < -0.3 is 9.47 Å². The van der Waals surface area contributed by atoms with Gasteiger partial charge in [-0.25, -0.2) is 0 Å². The smallest absolute Gasteiger partial charge is 0.269 e. The molecule has 0 saturated heterocycles. The van der Waals surface area contributed by atoms with Crippen LogP contribution in [0.5, 0.6) is 11.5 Å². The van der Waals surface area contributed by atoms with Crippen molar-refractivity contribution in [2.45, 2.75) is 11.8 Å². The Hall–Kier alpha value is -2.67. The molecule has 2 aromatic carbocycles. The summed E-state index contributed by atoms with van der Waals surface area (Å²) in [5, 5.41) is 0. The van der Waals surface area contributed by atoms with E-state index in [1.807, 2.05) is 31.2 Å². The first-order valence-electron chi connectivity index (χ1n) is 7.54. The quantitative estimate of drug-likeness (QED) is 0.612. The molecule has 0 saturated carbocycles. The second kappa shape index (κ2) is 8.98. The molecule has 132 valence electrons. The lowest BCUT2D eigenvalue weighted by atomic mass is 10.2. The number of hydrazine groups is 1. The van der Waals surface area contributed by atoms with Crippen LogP contribution in [0.25, 0.3) is 0 Å². The van der Waals surface area contributed by atoms with Gasteiger partial charge in [-0.15, -0.1) is 11.8 Å². The number of carbonyl (C=O) groups is 2. The van der Waals surface area contributed by atoms with Gasteiger partial charge in [-0.05, 0) is 30.7 Å². The monoisotopic (exact) mass is 360 g/mol. The maximum absolute atomic E-state index is 12.2. The van der Waals surface area contributed by atoms with Crippen LogP contribution in [0.1, 0.15) is 15.9 Å². The number of nitrogens with one attached hydrogen (secondary N) is 2. The maximum Gasteiger partial charge on any atom is 0.269 e. The van der Waals surface area contributed by atoms with E-state index < -0.39 is 5.91 Å². The van der Waals surface area contributed by atoms with Crippen LogP contribution in [0.15, 0.2) is 47.4 Å². The zero-order valence-corrected chi connectivity index (χ0v) is 15.1. The van der Waals surface area contributed by atoms with Gasteiger partial charge in [0.15, 0.2) is 0 Å². The van der Waals surface area contributed by atoms with Gasteiger partial charge >= 0.3 is 0 Å². The summed E-state index contributed by atoms with van der Waals surface area (Å²) in [6.07, 6.45) is 0. The van der Waals surface area contributed by atoms with Crippen molar-refractivity contribution in [3.05, 3.63) is 53.6 Å². The highest BCUT2D eigenvalue weighted by Crippen LogP contribution is 2.22. The topological polar surface area (TPSA) is 76.7 Å². The van der Waals surface area contributed by atoms with Crippen LogP contribution in [0.4, 0.5) is 0 Å². The summed E-state index contributed by atoms with van der Waals surface area (Å²) in [6.45, 7) is 1.98. The Bertz CT molecular complexity index is 742. The van der Waals surface area contributed by atoms with Gasteiger partial charge in [-0.2, -0.15) is 0 Å². The maximum atomic E-state index is 12.2. The fourth-order valence-electron chi connectivity index (χ4n) is 2.03. The van der Waals surface area contributed by atoms with Gasteiger partial charge in [-0.1, -0.05) is 18.2 Å². The van der Waals surface area contributed by atoms with Crippen LogP contribution in [0, 0.1) is 6.92 Å². The zero-order chi connectivity index (χ0) is 18.2. The molecule has 0 bridgehead atoms. The predicted octanol–water partition coefficient (Wildman–Crippen LogP) is 2.57. The highest BCUT2D eigenvalue weighted by Gasteiger charge is 2.11. The van der Waals surface area contributed by atoms with Crippen molar-refractivity contribution in [2.75, 3.05) is 20.0 Å². The van der Waals surface area contributed by atoms with Gasteiger partial charge in [0.1, 0.15) is 11.5 Å². The standard InChI is InChI=1S/C18H20N2O4S/c1-12-6-4-5-7-16(12)25-11-17(21)19-20-18(22)13-8-14(23-2)10-15(9-13)24-3/h4-10H,11H2,1-3H3,(H,19,21)(H,20,22). The molecule has 0 atom stereocenters. The Labute approximate surface area is 150 Å². The van der Waals surface area contributed by atoms with Crippen molar-refractivity contribution in [3.8, 4) is 11.5 Å². The molecule has 0 unspecified atom stereocenters. The molecule has 0 aromatic heterocycles. The fraction of sp³-hybridized carbons (Fsp3) is 0.222. The van der Waals surface area contributed by atoms with Crippen LogP contribution in [0.3, 0.4) is 0 Å². The predicted molar refractivity (Wildman–Crippen MR) is 97.1 cm³/mol. The molecule has 0 aliphatic heterocycles. The number of rotatable bonds is 6. The average Bonchev–Trinajstić information content (AvgIpc) is 2.64. The van der Waals surface area contributed by atoms with E-state index >= 15 is 0 Å². The molecule has 2 N–H and O–H groups in total. The number of hydrogen-bond acceptors (Lipinski definition) is 5. The van der Waals surface area contributed by atoms with E-state index in [0.29, 0.717) is 17.1 Å². The first kappa shape index (κ1) is 18.7. The second-order valence-corrected chi connectivity index (χ2v) is 6.17. The van der Waals surface area contributed by atoms with E-state index in [2.05, 4.69) is 10.9 Å². The number of thioether (sulfide) groups is 1. The lowest BCUT2D eigenvalue weighted by Crippen LogP contribution is -2.42. The van der Waals surface area contributed by atoms with Crippen molar-refractivity contribution < 1.29 is 19.1 Å². The summed E-state index contributed by atoms with van der Waals surface area (Å²) in [5.74, 6) is 0.437. The molecule has 2 amide bonds. The molecule has 0 radical (unpaired) electrons. The molecule has 0 fully saturated rings. The average molecular weight is 360 g/mol. The van der Waals surface area contributed by atoms with Crippen molar-refractivity contribution in [1.82, 2.24) is 10.9 Å². The second-order valence-electron chi connectivity index (χ2n) is 5.16. The molecule has 0 aliphatic carbocycles. The lowest BCUT2D eigenvalue weighted by molar-refractivity contribution is -0.119. The lowest BCUT2D eigenvalue weighted by Gasteiger charge is -2.10. The molecule has 7 heteroatoms. The summed E-state index contributed by atoms with van der Waals surface area (Å²) in [4.78, 5) is 25.1. The third-order valence-electron chi connectivity index (χ3n) is 3.38. The summed E-state index contributed by atoms with van der Waals surface area (Å²) in [6, 6.07) is 12.6. The number of methoxy groups -OCH3 is 2. The van der Waals surface area contributed by atoms with Crippen molar-refractivity contribution in [1.29, 1.82) is 0 Å². The molecule has 0 heterocycles. The fourth-order valence-corrected chi connectivity index (χ4v) is 2.86. The summed E-state index contributed by atoms with van der Waals surface area (Å²) in [5.41, 5.74) is 6.22. The Balaban J connectivity index is 1.89. The highest BCUT2D eigenvalue weighted by atomic mass is 32.2. The Morgan fingerprint density at radius 3 is 2.24 bits per heavy atom. The molecule has 0 spiro atoms. The van der Waals surface area contributed by atoms with E-state index in [-0.39, 0.29) is 11.7 Å². The van der Waals surface area contributed by atoms with E-state index in [9.17, 15) is 9.59 Å². The first-order chi connectivity index (χ1) is 12.0. The Morgan fingerprint density at radius 2 is 1.64 bits per heavy atom. The minimum Gasteiger partial charge on any atom is -0.497 e. The third kappa shape index (κ3) is 5.42. The number of hydrogen-bond donors (Lipinski definition) is 2. The van der Waals surface area contributed by atoms with Gasteiger partial charge in [-0.3, -0.25) is 20.4 Å². The van der Waals surface area contributed by atoms with Crippen molar-refractivity contribution in [2.24, 2.45) is 0 Å². The molecule has 2 rings (SSSR count). The molecule has 0 aliphatic rings. The van der Waals surface area contributed by atoms with Crippen molar-refractivity contribution in [3.63, 3.8) is 0 Å². The van der Waals surface area contributed by atoms with Gasteiger partial charge in [0, 0.05) is 16.5 Å². The molecule has 6 nitrogen and oxygen atoms in total. The van der Waals surface area contributed by atoms with Crippen LogP contribution >= 0.6 is 11.8 Å². The summed E-state index contributed by atoms with van der Waals surface area (Å²) in [7, 11) is 3.00. The van der Waals surface area contributed by atoms with E-state index in [1.165, 1.54) is 26.0 Å². The number of benzene rings is 2. The SMILES string of the molecule is COc1cc(OC)cc(C(=O)NNC(=O)CSc2ccccc2C)c1. The Kier molecular flexibility index (Phi) is 6.71. The molecule has 2 aromatic rings. The van der Waals surface area contributed by atoms with Crippen LogP contribution < -0.4 is 20.3 Å². The van der Waals surface area contributed by atoms with Crippen LogP contribution in [-0.4, -0.2) is 31.8 Å². The third-order valence-corrected chi connectivity index (χ3v) is 4.56. The van der Waals surface area contributed by atoms with Crippen LogP contribution in [0.2, 0.25) is 0 Å². The molecular weight excluding hydrogens is 340 g/mol. The summed E-state index contributed by atoms with van der Waals surface area (Å²) >= 11 is 1.41. The normalized spacial score (nSPS) is 10.0. The number of aryl methyl sites for hydroxylation is 1. The van der Waals surface area contributed by atoms with Crippen LogP contribution in [-0.2, 0) is 4.79 Å². The number of amides is 2. The number of ether oxygens (including phenoxy) is 2. The van der Waals surface area contributed by atoms with E-state index in [4.69, 9.17) is 9.47 Å². The minimum absolute atomic E-state index is 0.201. The Morgan fingerprint density at radius 1 is 1.00 bits per heavy atom. The van der Waals surface area contributed by atoms with Crippen molar-refractivity contribution >= 4 is 23.6 Å². The minimum atomic E-state index is -0.452.